The first-order valence-electron chi connectivity index (χ1n) is 7.47. The molecule has 7 nitrogen and oxygen atoms in total. The minimum atomic E-state index is -3.62. The van der Waals surface area contributed by atoms with E-state index in [-0.39, 0.29) is 17.5 Å². The molecule has 1 N–H and O–H groups in total. The average molecular weight is 338 g/mol. The molecule has 126 valence electrons. The maximum absolute atomic E-state index is 12.4. The summed E-state index contributed by atoms with van der Waals surface area (Å²) in [5.41, 5.74) is 0.776. The Hall–Kier alpha value is -1.93. The van der Waals surface area contributed by atoms with Crippen molar-refractivity contribution >= 4 is 10.0 Å². The van der Waals surface area contributed by atoms with Gasteiger partial charge in [-0.1, -0.05) is 0 Å². The molecule has 0 aliphatic rings. The van der Waals surface area contributed by atoms with Crippen LogP contribution in [0.25, 0.3) is 0 Å². The number of benzene rings is 1. The van der Waals surface area contributed by atoms with Crippen LogP contribution in [-0.4, -0.2) is 29.3 Å². The lowest BCUT2D eigenvalue weighted by atomic mass is 10.2. The van der Waals surface area contributed by atoms with Crippen LogP contribution in [0.2, 0.25) is 0 Å². The van der Waals surface area contributed by atoms with Gasteiger partial charge in [0.05, 0.1) is 17.5 Å². The van der Waals surface area contributed by atoms with Gasteiger partial charge in [0, 0.05) is 6.54 Å². The van der Waals surface area contributed by atoms with E-state index >= 15 is 0 Å². The Labute approximate surface area is 136 Å². The molecule has 23 heavy (non-hydrogen) atoms. The fraction of sp³-hybridized carbons (Fsp3) is 0.467. The zero-order chi connectivity index (χ0) is 17.0. The Balaban J connectivity index is 2.15. The van der Waals surface area contributed by atoms with Crippen molar-refractivity contribution in [3.63, 3.8) is 0 Å². The number of hydrogen-bond donors (Lipinski definition) is 1. The van der Waals surface area contributed by atoms with Crippen LogP contribution in [0.1, 0.15) is 32.2 Å². The quantitative estimate of drug-likeness (QED) is 0.833. The molecule has 0 bridgehead atoms. The van der Waals surface area contributed by atoms with Crippen molar-refractivity contribution in [2.75, 3.05) is 0 Å². The Morgan fingerprint density at radius 3 is 2.70 bits per heavy atom. The number of nitrogens with one attached hydrogen (secondary N) is 1. The van der Waals surface area contributed by atoms with Gasteiger partial charge in [0.15, 0.2) is 0 Å². The smallest absolute Gasteiger partial charge is 0.240 e. The van der Waals surface area contributed by atoms with Crippen molar-refractivity contribution in [1.82, 2.24) is 19.5 Å². The third-order valence-electron chi connectivity index (χ3n) is 3.28. The summed E-state index contributed by atoms with van der Waals surface area (Å²) < 4.78 is 34.8. The highest BCUT2D eigenvalue weighted by molar-refractivity contribution is 7.89. The van der Waals surface area contributed by atoms with Crippen molar-refractivity contribution in [3.8, 4) is 5.75 Å². The number of aryl methyl sites for hydroxylation is 2. The molecule has 0 atom stereocenters. The minimum Gasteiger partial charge on any atom is -0.491 e. The topological polar surface area (TPSA) is 86.1 Å². The van der Waals surface area contributed by atoms with Crippen LogP contribution in [0, 0.1) is 6.92 Å². The Morgan fingerprint density at radius 2 is 2.09 bits per heavy atom. The molecule has 0 radical (unpaired) electrons. The van der Waals surface area contributed by atoms with Gasteiger partial charge in [-0.2, -0.15) is 0 Å². The van der Waals surface area contributed by atoms with E-state index in [2.05, 4.69) is 14.9 Å². The van der Waals surface area contributed by atoms with Crippen LogP contribution in [-0.2, 0) is 23.1 Å². The van der Waals surface area contributed by atoms with E-state index in [1.807, 2.05) is 27.7 Å². The molecule has 0 amide bonds. The fourth-order valence-electron chi connectivity index (χ4n) is 2.10. The van der Waals surface area contributed by atoms with E-state index in [4.69, 9.17) is 4.74 Å². The molecule has 1 heterocycles. The molecule has 0 saturated carbocycles. The summed E-state index contributed by atoms with van der Waals surface area (Å²) in [5.74, 6) is 1.26. The summed E-state index contributed by atoms with van der Waals surface area (Å²) in [5, 5.41) is 7.70. The number of sulfonamides is 1. The van der Waals surface area contributed by atoms with Crippen molar-refractivity contribution in [1.29, 1.82) is 0 Å². The molecule has 8 heteroatoms. The molecule has 2 rings (SSSR count). The standard InChI is InChI=1S/C15H22N4O3S/c1-5-19-10-16-18-15(19)9-17-23(20,21)13-6-7-14(12(4)8-13)22-11(2)3/h6-8,10-11,17H,5,9H2,1-4H3. The lowest BCUT2D eigenvalue weighted by Crippen LogP contribution is -2.25. The summed E-state index contributed by atoms with van der Waals surface area (Å²) in [4.78, 5) is 0.202. The normalized spacial score (nSPS) is 11.9. The summed E-state index contributed by atoms with van der Waals surface area (Å²) in [6.07, 6.45) is 1.61. The first-order valence-corrected chi connectivity index (χ1v) is 8.95. The molecule has 0 fully saturated rings. The summed E-state index contributed by atoms with van der Waals surface area (Å²) in [6.45, 7) is 8.40. The zero-order valence-electron chi connectivity index (χ0n) is 13.8. The maximum Gasteiger partial charge on any atom is 0.240 e. The van der Waals surface area contributed by atoms with E-state index in [0.717, 1.165) is 5.56 Å². The van der Waals surface area contributed by atoms with E-state index in [0.29, 0.717) is 18.1 Å². The van der Waals surface area contributed by atoms with Crippen molar-refractivity contribution < 1.29 is 13.2 Å². The number of aromatic nitrogens is 3. The second-order valence-corrected chi connectivity index (χ2v) is 7.22. The van der Waals surface area contributed by atoms with Crippen LogP contribution in [0.15, 0.2) is 29.4 Å². The van der Waals surface area contributed by atoms with Gasteiger partial charge in [-0.05, 0) is 51.5 Å². The molecular formula is C15H22N4O3S. The predicted molar refractivity (Wildman–Crippen MR) is 86.7 cm³/mol. The lowest BCUT2D eigenvalue weighted by molar-refractivity contribution is 0.240. The monoisotopic (exact) mass is 338 g/mol. The van der Waals surface area contributed by atoms with Gasteiger partial charge in [0.25, 0.3) is 0 Å². The molecule has 1 aromatic heterocycles. The van der Waals surface area contributed by atoms with E-state index in [1.165, 1.54) is 6.07 Å². The van der Waals surface area contributed by atoms with Gasteiger partial charge in [0.2, 0.25) is 10.0 Å². The summed E-state index contributed by atoms with van der Waals surface area (Å²) >= 11 is 0. The van der Waals surface area contributed by atoms with Crippen LogP contribution in [0.5, 0.6) is 5.75 Å². The molecule has 0 saturated heterocycles. The van der Waals surface area contributed by atoms with Crippen LogP contribution < -0.4 is 9.46 Å². The van der Waals surface area contributed by atoms with Crippen molar-refractivity contribution in [3.05, 3.63) is 35.9 Å². The second kappa shape index (κ2) is 7.10. The Morgan fingerprint density at radius 1 is 1.35 bits per heavy atom. The average Bonchev–Trinajstić information content (AvgIpc) is 2.94. The third-order valence-corrected chi connectivity index (χ3v) is 4.68. The minimum absolute atomic E-state index is 0.0367. The molecule has 2 aromatic rings. The van der Waals surface area contributed by atoms with Crippen molar-refractivity contribution in [2.45, 2.75) is 51.8 Å². The lowest BCUT2D eigenvalue weighted by Gasteiger charge is -2.14. The molecule has 1 aromatic carbocycles. The highest BCUT2D eigenvalue weighted by Gasteiger charge is 2.17. The highest BCUT2D eigenvalue weighted by Crippen LogP contribution is 2.22. The van der Waals surface area contributed by atoms with Gasteiger partial charge < -0.3 is 9.30 Å². The first-order chi connectivity index (χ1) is 10.8. The molecular weight excluding hydrogens is 316 g/mol. The Kier molecular flexibility index (Phi) is 5.38. The van der Waals surface area contributed by atoms with Crippen molar-refractivity contribution in [2.24, 2.45) is 0 Å². The van der Waals surface area contributed by atoms with Crippen LogP contribution in [0.4, 0.5) is 0 Å². The largest absolute Gasteiger partial charge is 0.491 e. The highest BCUT2D eigenvalue weighted by atomic mass is 32.2. The molecule has 0 aliphatic heterocycles. The SMILES string of the molecule is CCn1cnnc1CNS(=O)(=O)c1ccc(OC(C)C)c(C)c1. The van der Waals surface area contributed by atoms with Gasteiger partial charge in [-0.15, -0.1) is 10.2 Å². The van der Waals surface area contributed by atoms with Gasteiger partial charge in [0.1, 0.15) is 17.9 Å². The maximum atomic E-state index is 12.4. The number of ether oxygens (including phenoxy) is 1. The Bertz CT molecular complexity index is 769. The summed E-state index contributed by atoms with van der Waals surface area (Å²) in [6, 6.07) is 4.82. The number of hydrogen-bond acceptors (Lipinski definition) is 5. The zero-order valence-corrected chi connectivity index (χ0v) is 14.6. The summed E-state index contributed by atoms with van der Waals surface area (Å²) in [7, 11) is -3.62. The van der Waals surface area contributed by atoms with E-state index in [9.17, 15) is 8.42 Å². The van der Waals surface area contributed by atoms with Gasteiger partial charge >= 0.3 is 0 Å². The predicted octanol–water partition coefficient (Wildman–Crippen LogP) is 1.87. The fourth-order valence-corrected chi connectivity index (χ4v) is 3.16. The first kappa shape index (κ1) is 17.4. The molecule has 0 spiro atoms. The van der Waals surface area contributed by atoms with Gasteiger partial charge in [-0.25, -0.2) is 13.1 Å². The van der Waals surface area contributed by atoms with E-state index in [1.54, 1.807) is 23.0 Å². The third kappa shape index (κ3) is 4.29. The van der Waals surface area contributed by atoms with Gasteiger partial charge in [-0.3, -0.25) is 0 Å². The van der Waals surface area contributed by atoms with E-state index < -0.39 is 10.0 Å². The van der Waals surface area contributed by atoms with Crippen LogP contribution >= 0.6 is 0 Å². The molecule has 0 unspecified atom stereocenters. The molecule has 0 aliphatic carbocycles. The number of nitrogens with zero attached hydrogens (tertiary/aromatic N) is 3. The number of rotatable bonds is 7. The van der Waals surface area contributed by atoms with Crippen LogP contribution in [0.3, 0.4) is 0 Å². The second-order valence-electron chi connectivity index (χ2n) is 5.45.